The Labute approximate surface area is 116 Å². The summed E-state index contributed by atoms with van der Waals surface area (Å²) in [6, 6.07) is 4.86. The highest BCUT2D eigenvalue weighted by Gasteiger charge is 2.22. The van der Waals surface area contributed by atoms with Crippen molar-refractivity contribution in [1.29, 1.82) is 0 Å². The molecule has 0 spiro atoms. The summed E-state index contributed by atoms with van der Waals surface area (Å²) in [6.45, 7) is 2.63. The Morgan fingerprint density at radius 2 is 2.20 bits per heavy atom. The molecule has 0 radical (unpaired) electrons. The summed E-state index contributed by atoms with van der Waals surface area (Å²) in [5.41, 5.74) is 1.12. The normalized spacial score (nSPS) is 10.7. The molecule has 1 aromatic heterocycles. The number of aryl methyl sites for hydroxylation is 2. The van der Waals surface area contributed by atoms with Crippen molar-refractivity contribution in [2.75, 3.05) is 13.6 Å². The van der Waals surface area contributed by atoms with Gasteiger partial charge in [-0.15, -0.1) is 10.2 Å². The van der Waals surface area contributed by atoms with E-state index < -0.39 is 4.92 Å². The van der Waals surface area contributed by atoms with Gasteiger partial charge in [-0.25, -0.2) is 0 Å². The molecule has 20 heavy (non-hydrogen) atoms. The largest absolute Gasteiger partial charge is 0.420 e. The molecular formula is C13H16N4O3. The number of nitro groups is 1. The molecule has 7 nitrogen and oxygen atoms in total. The highest BCUT2D eigenvalue weighted by Crippen LogP contribution is 2.31. The number of hydrogen-bond donors (Lipinski definition) is 1. The standard InChI is InChI=1S/C13H16N4O3/c1-9-5-3-6-10(17(18)19)12(9)13-16-15-11(20-13)7-4-8-14-2/h3,5-6,14H,4,7-8H2,1-2H3. The van der Waals surface area contributed by atoms with Crippen LogP contribution in [-0.4, -0.2) is 28.7 Å². The summed E-state index contributed by atoms with van der Waals surface area (Å²) in [4.78, 5) is 10.6. The topological polar surface area (TPSA) is 94.1 Å². The lowest BCUT2D eigenvalue weighted by molar-refractivity contribution is -0.384. The van der Waals surface area contributed by atoms with Crippen LogP contribution in [-0.2, 0) is 6.42 Å². The monoisotopic (exact) mass is 276 g/mol. The fraction of sp³-hybridized carbons (Fsp3) is 0.385. The third-order valence-corrected chi connectivity index (χ3v) is 2.95. The molecule has 1 N–H and O–H groups in total. The van der Waals surface area contributed by atoms with Crippen molar-refractivity contribution < 1.29 is 9.34 Å². The van der Waals surface area contributed by atoms with Crippen LogP contribution in [0.2, 0.25) is 0 Å². The van der Waals surface area contributed by atoms with Crippen molar-refractivity contribution in [3.63, 3.8) is 0 Å². The minimum Gasteiger partial charge on any atom is -0.420 e. The summed E-state index contributed by atoms with van der Waals surface area (Å²) < 4.78 is 5.53. The fourth-order valence-electron chi connectivity index (χ4n) is 1.95. The summed E-state index contributed by atoms with van der Waals surface area (Å²) in [6.07, 6.45) is 1.52. The number of hydrogen-bond acceptors (Lipinski definition) is 6. The van der Waals surface area contributed by atoms with Crippen molar-refractivity contribution in [1.82, 2.24) is 15.5 Å². The van der Waals surface area contributed by atoms with Gasteiger partial charge >= 0.3 is 0 Å². The zero-order chi connectivity index (χ0) is 14.5. The van der Waals surface area contributed by atoms with Gasteiger partial charge in [0.15, 0.2) is 0 Å². The molecule has 0 amide bonds. The Bertz CT molecular complexity index is 609. The van der Waals surface area contributed by atoms with E-state index in [4.69, 9.17) is 4.42 Å². The molecule has 7 heteroatoms. The third-order valence-electron chi connectivity index (χ3n) is 2.95. The zero-order valence-corrected chi connectivity index (χ0v) is 11.4. The molecule has 0 saturated carbocycles. The fourth-order valence-corrected chi connectivity index (χ4v) is 1.95. The molecule has 0 unspecified atom stereocenters. The average molecular weight is 276 g/mol. The van der Waals surface area contributed by atoms with Crippen LogP contribution in [0.25, 0.3) is 11.5 Å². The summed E-state index contributed by atoms with van der Waals surface area (Å²) >= 11 is 0. The van der Waals surface area contributed by atoms with Crippen LogP contribution in [0.5, 0.6) is 0 Å². The van der Waals surface area contributed by atoms with Crippen LogP contribution < -0.4 is 5.32 Å². The first kappa shape index (κ1) is 14.1. The Balaban J connectivity index is 2.30. The SMILES string of the molecule is CNCCCc1nnc(-c2c(C)cccc2[N+](=O)[O-])o1. The van der Waals surface area contributed by atoms with E-state index in [2.05, 4.69) is 15.5 Å². The molecular weight excluding hydrogens is 260 g/mol. The lowest BCUT2D eigenvalue weighted by Gasteiger charge is -2.01. The van der Waals surface area contributed by atoms with Crippen LogP contribution >= 0.6 is 0 Å². The van der Waals surface area contributed by atoms with E-state index in [1.807, 2.05) is 7.05 Å². The smallest absolute Gasteiger partial charge is 0.282 e. The first-order chi connectivity index (χ1) is 9.63. The van der Waals surface area contributed by atoms with Gasteiger partial charge in [0.25, 0.3) is 11.6 Å². The van der Waals surface area contributed by atoms with Gasteiger partial charge in [-0.3, -0.25) is 10.1 Å². The van der Waals surface area contributed by atoms with E-state index >= 15 is 0 Å². The first-order valence-corrected chi connectivity index (χ1v) is 6.35. The van der Waals surface area contributed by atoms with Crippen molar-refractivity contribution in [2.45, 2.75) is 19.8 Å². The van der Waals surface area contributed by atoms with Crippen molar-refractivity contribution >= 4 is 5.69 Å². The molecule has 0 fully saturated rings. The molecule has 1 aromatic carbocycles. The maximum atomic E-state index is 11.1. The molecule has 1 heterocycles. The highest BCUT2D eigenvalue weighted by molar-refractivity contribution is 5.70. The number of rotatable bonds is 6. The lowest BCUT2D eigenvalue weighted by atomic mass is 10.1. The van der Waals surface area contributed by atoms with E-state index in [0.717, 1.165) is 18.5 Å². The Morgan fingerprint density at radius 1 is 1.40 bits per heavy atom. The summed E-state index contributed by atoms with van der Waals surface area (Å²) in [5, 5.41) is 22.0. The van der Waals surface area contributed by atoms with Crippen LogP contribution in [0.15, 0.2) is 22.6 Å². The van der Waals surface area contributed by atoms with Gasteiger partial charge < -0.3 is 9.73 Å². The highest BCUT2D eigenvalue weighted by atomic mass is 16.6. The van der Waals surface area contributed by atoms with Crippen LogP contribution in [0.1, 0.15) is 17.9 Å². The molecule has 0 aliphatic carbocycles. The summed E-state index contributed by atoms with van der Waals surface area (Å²) in [5.74, 6) is 0.696. The third kappa shape index (κ3) is 3.00. The molecule has 0 aliphatic rings. The zero-order valence-electron chi connectivity index (χ0n) is 11.4. The number of aromatic nitrogens is 2. The van der Waals surface area contributed by atoms with Gasteiger partial charge in [-0.1, -0.05) is 12.1 Å². The van der Waals surface area contributed by atoms with E-state index in [1.54, 1.807) is 19.1 Å². The van der Waals surface area contributed by atoms with Gasteiger partial charge in [0.05, 0.1) is 4.92 Å². The molecule has 0 atom stereocenters. The molecule has 2 rings (SSSR count). The van der Waals surface area contributed by atoms with Crippen LogP contribution in [0.4, 0.5) is 5.69 Å². The minimum absolute atomic E-state index is 0.0181. The minimum atomic E-state index is -0.437. The van der Waals surface area contributed by atoms with Crippen LogP contribution in [0, 0.1) is 17.0 Å². The number of nitro benzene ring substituents is 1. The second-order valence-corrected chi connectivity index (χ2v) is 4.43. The summed E-state index contributed by atoms with van der Waals surface area (Å²) in [7, 11) is 1.87. The van der Waals surface area contributed by atoms with Crippen molar-refractivity contribution in [3.05, 3.63) is 39.8 Å². The predicted octanol–water partition coefficient (Wildman–Crippen LogP) is 2.11. The van der Waals surface area contributed by atoms with Gasteiger partial charge in [-0.2, -0.15) is 0 Å². The van der Waals surface area contributed by atoms with Crippen LogP contribution in [0.3, 0.4) is 0 Å². The molecule has 106 valence electrons. The second-order valence-electron chi connectivity index (χ2n) is 4.43. The van der Waals surface area contributed by atoms with Gasteiger partial charge in [0, 0.05) is 12.5 Å². The maximum Gasteiger partial charge on any atom is 0.282 e. The Kier molecular flexibility index (Phi) is 4.41. The first-order valence-electron chi connectivity index (χ1n) is 6.35. The molecule has 2 aromatic rings. The van der Waals surface area contributed by atoms with Gasteiger partial charge in [0.1, 0.15) is 5.56 Å². The van der Waals surface area contributed by atoms with Gasteiger partial charge in [0.2, 0.25) is 5.89 Å². The predicted molar refractivity (Wildman–Crippen MR) is 73.4 cm³/mol. The van der Waals surface area contributed by atoms with E-state index in [1.165, 1.54) is 6.07 Å². The lowest BCUT2D eigenvalue weighted by Crippen LogP contribution is -2.08. The maximum absolute atomic E-state index is 11.1. The number of benzene rings is 1. The molecule has 0 aliphatic heterocycles. The Morgan fingerprint density at radius 3 is 2.90 bits per heavy atom. The quantitative estimate of drug-likeness (QED) is 0.493. The van der Waals surface area contributed by atoms with E-state index in [0.29, 0.717) is 17.9 Å². The van der Waals surface area contributed by atoms with E-state index in [9.17, 15) is 10.1 Å². The molecule has 0 saturated heterocycles. The number of nitrogens with zero attached hydrogens (tertiary/aromatic N) is 3. The Hall–Kier alpha value is -2.28. The van der Waals surface area contributed by atoms with Crippen molar-refractivity contribution in [3.8, 4) is 11.5 Å². The average Bonchev–Trinajstić information content (AvgIpc) is 2.87. The van der Waals surface area contributed by atoms with Gasteiger partial charge in [-0.05, 0) is 32.5 Å². The molecule has 0 bridgehead atoms. The van der Waals surface area contributed by atoms with Crippen molar-refractivity contribution in [2.24, 2.45) is 0 Å². The second kappa shape index (κ2) is 6.25. The number of nitrogens with one attached hydrogen (secondary N) is 1. The van der Waals surface area contributed by atoms with E-state index in [-0.39, 0.29) is 11.6 Å².